The van der Waals surface area contributed by atoms with E-state index in [0.717, 1.165) is 18.2 Å². The second kappa shape index (κ2) is 16.1. The lowest BCUT2D eigenvalue weighted by Gasteiger charge is -2.45. The molecular formula is C36H36O19. The van der Waals surface area contributed by atoms with Gasteiger partial charge < -0.3 is 84.3 Å². The number of benzene rings is 3. The number of aliphatic hydroxyl groups excluding tert-OH is 6. The second-order valence-electron chi connectivity index (χ2n) is 12.6. The molecule has 2 aliphatic rings. The van der Waals surface area contributed by atoms with Crippen molar-refractivity contribution in [2.24, 2.45) is 0 Å². The summed E-state index contributed by atoms with van der Waals surface area (Å²) in [5, 5.41) is 113. The summed E-state index contributed by atoms with van der Waals surface area (Å²) >= 11 is 0. The fourth-order valence-corrected chi connectivity index (χ4v) is 5.93. The Kier molecular flexibility index (Phi) is 11.5. The smallest absolute Gasteiger partial charge is 0.330 e. The predicted molar refractivity (Wildman–Crippen MR) is 183 cm³/mol. The minimum Gasteiger partial charge on any atom is -0.508 e. The number of rotatable bonds is 10. The molecule has 294 valence electrons. The van der Waals surface area contributed by atoms with Gasteiger partial charge >= 0.3 is 5.97 Å². The van der Waals surface area contributed by atoms with Crippen molar-refractivity contribution in [1.82, 2.24) is 0 Å². The highest BCUT2D eigenvalue weighted by atomic mass is 16.8. The molecule has 0 radical (unpaired) electrons. The monoisotopic (exact) mass is 772 g/mol. The van der Waals surface area contributed by atoms with Crippen LogP contribution in [0.4, 0.5) is 0 Å². The minimum atomic E-state index is -2.05. The molecule has 1 aromatic heterocycles. The maximum atomic E-state index is 13.9. The lowest BCUT2D eigenvalue weighted by Crippen LogP contribution is -2.65. The van der Waals surface area contributed by atoms with E-state index < -0.39 is 114 Å². The van der Waals surface area contributed by atoms with Crippen LogP contribution in [-0.4, -0.2) is 137 Å². The number of aromatic hydroxyl groups is 5. The van der Waals surface area contributed by atoms with E-state index in [1.165, 1.54) is 48.5 Å². The maximum absolute atomic E-state index is 13.9. The summed E-state index contributed by atoms with van der Waals surface area (Å²) in [6, 6.07) is 10.8. The number of carbonyl (C=O) groups excluding carboxylic acids is 1. The first-order valence-electron chi connectivity index (χ1n) is 16.5. The van der Waals surface area contributed by atoms with Crippen molar-refractivity contribution < 1.29 is 89.1 Å². The SMILES string of the molecule is O=C(/C=C/c1ccc(O)c(O)c1)OC[C@H]1O[C@H](O[C@H]2[C@H](Oc3c(-c4ccc(O)cc4)oc4cc(O)cc(O)c4c3=O)O[C@H](CO)[C@@H](O)[C@@H]2O)[C@H](O)[C@@H](O)[C@@H]1O. The summed E-state index contributed by atoms with van der Waals surface area (Å²) in [7, 11) is 0. The van der Waals surface area contributed by atoms with Crippen molar-refractivity contribution in [3.05, 3.63) is 76.5 Å². The van der Waals surface area contributed by atoms with E-state index >= 15 is 0 Å². The summed E-state index contributed by atoms with van der Waals surface area (Å²) in [4.78, 5) is 26.3. The minimum absolute atomic E-state index is 0.124. The van der Waals surface area contributed by atoms with Crippen molar-refractivity contribution in [1.29, 1.82) is 0 Å². The molecule has 55 heavy (non-hydrogen) atoms. The number of hydrogen-bond acceptors (Lipinski definition) is 19. The van der Waals surface area contributed by atoms with Crippen LogP contribution in [0.2, 0.25) is 0 Å². The molecular weight excluding hydrogens is 736 g/mol. The first kappa shape index (κ1) is 39.2. The first-order valence-corrected chi connectivity index (χ1v) is 16.5. The van der Waals surface area contributed by atoms with Gasteiger partial charge in [0.1, 0.15) is 77.6 Å². The van der Waals surface area contributed by atoms with Crippen molar-refractivity contribution in [2.75, 3.05) is 13.2 Å². The fourth-order valence-electron chi connectivity index (χ4n) is 5.93. The zero-order chi connectivity index (χ0) is 39.7. The largest absolute Gasteiger partial charge is 0.508 e. The number of carbonyl (C=O) groups is 1. The third kappa shape index (κ3) is 8.15. The lowest BCUT2D eigenvalue weighted by molar-refractivity contribution is -0.358. The molecule has 3 heterocycles. The summed E-state index contributed by atoms with van der Waals surface area (Å²) in [6.07, 6.45) is -16.6. The Morgan fingerprint density at radius 3 is 2.11 bits per heavy atom. The van der Waals surface area contributed by atoms with Crippen molar-refractivity contribution in [3.63, 3.8) is 0 Å². The molecule has 0 aliphatic carbocycles. The number of ether oxygens (including phenoxy) is 5. The van der Waals surface area contributed by atoms with E-state index in [4.69, 9.17) is 28.1 Å². The Labute approximate surface area is 308 Å². The summed E-state index contributed by atoms with van der Waals surface area (Å²) in [6.45, 7) is -1.61. The van der Waals surface area contributed by atoms with E-state index in [2.05, 4.69) is 0 Å². The van der Waals surface area contributed by atoms with Gasteiger partial charge in [-0.25, -0.2) is 4.79 Å². The highest BCUT2D eigenvalue weighted by molar-refractivity contribution is 5.88. The number of phenolic OH excluding ortho intramolecular Hbond substituents is 5. The van der Waals surface area contributed by atoms with Gasteiger partial charge in [-0.3, -0.25) is 4.79 Å². The Bertz CT molecular complexity index is 2100. The van der Waals surface area contributed by atoms with Gasteiger partial charge in [-0.1, -0.05) is 6.07 Å². The summed E-state index contributed by atoms with van der Waals surface area (Å²) in [5.74, 6) is -4.13. The first-order chi connectivity index (χ1) is 26.2. The number of esters is 1. The van der Waals surface area contributed by atoms with Crippen LogP contribution in [0.5, 0.6) is 34.5 Å². The normalized spacial score (nSPS) is 28.3. The van der Waals surface area contributed by atoms with Gasteiger partial charge in [-0.15, -0.1) is 0 Å². The van der Waals surface area contributed by atoms with E-state index in [1.807, 2.05) is 0 Å². The summed E-state index contributed by atoms with van der Waals surface area (Å²) in [5.41, 5.74) is -0.876. The number of fused-ring (bicyclic) bond motifs is 1. The zero-order valence-electron chi connectivity index (χ0n) is 28.2. The van der Waals surface area contributed by atoms with Crippen LogP contribution >= 0.6 is 0 Å². The van der Waals surface area contributed by atoms with Crippen molar-refractivity contribution in [2.45, 2.75) is 61.4 Å². The molecule has 0 amide bonds. The number of hydrogen-bond donors (Lipinski definition) is 11. The summed E-state index contributed by atoms with van der Waals surface area (Å²) < 4.78 is 34.0. The van der Waals surface area contributed by atoms with Crippen LogP contribution in [0.15, 0.2) is 69.9 Å². The van der Waals surface area contributed by atoms with Crippen LogP contribution in [0.1, 0.15) is 5.56 Å². The molecule has 2 fully saturated rings. The molecule has 0 spiro atoms. The van der Waals surface area contributed by atoms with Crippen LogP contribution in [-0.2, 0) is 23.7 Å². The van der Waals surface area contributed by atoms with Crippen LogP contribution in [0.25, 0.3) is 28.4 Å². The number of aliphatic hydroxyl groups is 6. The Morgan fingerprint density at radius 1 is 0.727 bits per heavy atom. The molecule has 4 aromatic rings. The van der Waals surface area contributed by atoms with Gasteiger partial charge in [-0.2, -0.15) is 0 Å². The predicted octanol–water partition coefficient (Wildman–Crippen LogP) is -0.745. The van der Waals surface area contributed by atoms with Crippen molar-refractivity contribution in [3.8, 4) is 45.8 Å². The Balaban J connectivity index is 1.28. The maximum Gasteiger partial charge on any atom is 0.330 e. The van der Waals surface area contributed by atoms with Crippen LogP contribution < -0.4 is 10.2 Å². The average molecular weight is 773 g/mol. The standard InChI is InChI=1S/C36H36O19/c37-12-22-26(44)30(48)34(55-35-31(49)29(47)27(45)23(53-35)13-50-24(43)8-2-14-1-7-18(40)19(41)9-14)36(52-22)54-33-28(46)25-20(42)10-17(39)11-21(25)51-32(33)15-3-5-16(38)6-4-15/h1-11,22-23,26-27,29-31,34-42,44-45,47-49H,12-13H2/b8-2+/t22-,23-,26-,27-,29+,30+,31-,34-,35-,36+/m1/s1. The molecule has 0 unspecified atom stereocenters. The third-order valence-corrected chi connectivity index (χ3v) is 8.87. The van der Waals surface area contributed by atoms with Gasteiger partial charge in [0.05, 0.1) is 6.61 Å². The molecule has 0 saturated carbocycles. The molecule has 3 aromatic carbocycles. The van der Waals surface area contributed by atoms with E-state index in [-0.39, 0.29) is 28.4 Å². The zero-order valence-corrected chi connectivity index (χ0v) is 28.2. The number of phenols is 5. The molecule has 0 bridgehead atoms. The quantitative estimate of drug-likeness (QED) is 0.0537. The van der Waals surface area contributed by atoms with Gasteiger partial charge in [0.25, 0.3) is 0 Å². The second-order valence-corrected chi connectivity index (χ2v) is 12.6. The molecule has 19 heteroatoms. The topological polar surface area (TPSA) is 316 Å². The average Bonchev–Trinajstić information content (AvgIpc) is 3.15. The molecule has 10 atom stereocenters. The van der Waals surface area contributed by atoms with E-state index in [0.29, 0.717) is 5.56 Å². The molecule has 11 N–H and O–H groups in total. The van der Waals surface area contributed by atoms with E-state index in [9.17, 15) is 65.8 Å². The molecule has 6 rings (SSSR count). The Morgan fingerprint density at radius 2 is 1.42 bits per heavy atom. The van der Waals surface area contributed by atoms with E-state index in [1.54, 1.807) is 0 Å². The van der Waals surface area contributed by atoms with Crippen LogP contribution in [0.3, 0.4) is 0 Å². The molecule has 2 aliphatic heterocycles. The van der Waals surface area contributed by atoms with Gasteiger partial charge in [0.15, 0.2) is 29.7 Å². The van der Waals surface area contributed by atoms with Gasteiger partial charge in [0, 0.05) is 23.8 Å². The van der Waals surface area contributed by atoms with Crippen molar-refractivity contribution >= 4 is 23.0 Å². The van der Waals surface area contributed by atoms with Crippen LogP contribution in [0, 0.1) is 0 Å². The molecule has 2 saturated heterocycles. The van der Waals surface area contributed by atoms with Gasteiger partial charge in [-0.05, 0) is 48.0 Å². The highest BCUT2D eigenvalue weighted by Gasteiger charge is 2.52. The fraction of sp³-hybridized carbons (Fsp3) is 0.333. The third-order valence-electron chi connectivity index (χ3n) is 8.87. The Hall–Kier alpha value is -5.48. The van der Waals surface area contributed by atoms with Gasteiger partial charge in [0.2, 0.25) is 17.5 Å². The lowest BCUT2D eigenvalue weighted by atomic mass is 9.97. The molecule has 19 nitrogen and oxygen atoms in total. The highest BCUT2D eigenvalue weighted by Crippen LogP contribution is 2.38.